The molecule has 0 nitrogen and oxygen atoms in total. The molecule has 0 bridgehead atoms. The summed E-state index contributed by atoms with van der Waals surface area (Å²) in [5, 5.41) is 0. The van der Waals surface area contributed by atoms with Crippen LogP contribution in [-0.2, 0) is 0 Å². The van der Waals surface area contributed by atoms with Crippen LogP contribution in [0.2, 0.25) is 19.6 Å². The number of hydrogen-bond acceptors (Lipinski definition) is 0. The van der Waals surface area contributed by atoms with Gasteiger partial charge in [-0.15, -0.1) is 0 Å². The second kappa shape index (κ2) is 5.28. The zero-order valence-corrected chi connectivity index (χ0v) is 11.5. The minimum Gasteiger partial charge on any atom is -1.00 e. The fourth-order valence-electron chi connectivity index (χ4n) is 1.05. The predicted octanol–water partition coefficient (Wildman–Crippen LogP) is -1.03. The van der Waals surface area contributed by atoms with E-state index in [0.717, 1.165) is 0 Å². The van der Waals surface area contributed by atoms with Crippen molar-refractivity contribution >= 4 is 20.3 Å². The molecule has 0 saturated carbocycles. The van der Waals surface area contributed by atoms with Crippen LogP contribution in [-0.4, -0.2) is 14.8 Å². The minimum absolute atomic E-state index is 0. The van der Waals surface area contributed by atoms with Crippen molar-refractivity contribution < 1.29 is 31.0 Å². The van der Waals surface area contributed by atoms with Crippen molar-refractivity contribution in [2.24, 2.45) is 0 Å². The summed E-state index contributed by atoms with van der Waals surface area (Å²) in [4.78, 5) is 0. The van der Waals surface area contributed by atoms with E-state index in [2.05, 4.69) is 56.8 Å². The molecule has 0 amide bonds. The van der Waals surface area contributed by atoms with Crippen LogP contribution in [0.25, 0.3) is 0 Å². The first-order valence-corrected chi connectivity index (χ1v) is 7.57. The molecule has 12 heavy (non-hydrogen) atoms. The normalized spacial score (nSPS) is 10.2. The van der Waals surface area contributed by atoms with E-state index in [1.54, 1.807) is 0 Å². The second-order valence-electron chi connectivity index (χ2n) is 3.92. The van der Waals surface area contributed by atoms with Crippen LogP contribution in [0.3, 0.4) is 0 Å². The molecule has 0 saturated heterocycles. The van der Waals surface area contributed by atoms with Gasteiger partial charge in [0, 0.05) is 7.94 Å². The third-order valence-electron chi connectivity index (χ3n) is 1.40. The monoisotopic (exact) mass is 185 g/mol. The van der Waals surface area contributed by atoms with Gasteiger partial charge in [-0.25, -0.2) is 0 Å². The molecule has 0 spiro atoms. The fraction of sp³-hybridized carbons (Fsp3) is 0.333. The van der Waals surface area contributed by atoms with E-state index in [-0.39, 0.29) is 31.0 Å². The van der Waals surface area contributed by atoms with Crippen molar-refractivity contribution in [2.75, 3.05) is 0 Å². The Kier molecular flexibility index (Phi) is 5.50. The Hall–Kier alpha value is 0.502. The Morgan fingerprint density at radius 2 is 1.58 bits per heavy atom. The van der Waals surface area contributed by atoms with E-state index in [4.69, 9.17) is 0 Å². The summed E-state index contributed by atoms with van der Waals surface area (Å²) in [6.45, 7) is 9.45. The molecule has 1 rings (SSSR count). The molecule has 0 atom stereocenters. The largest absolute Gasteiger partial charge is 1.00 e. The van der Waals surface area contributed by atoms with E-state index < -0.39 is 7.94 Å². The fourth-order valence-corrected chi connectivity index (χ4v) is 2.24. The van der Waals surface area contributed by atoms with Gasteiger partial charge in [0.1, 0.15) is 6.87 Å². The van der Waals surface area contributed by atoms with Crippen LogP contribution in [0.1, 0.15) is 1.43 Å². The van der Waals surface area contributed by atoms with Gasteiger partial charge in [0.25, 0.3) is 0 Å². The molecule has 0 unspecified atom stereocenters. The first kappa shape index (κ1) is 12.5. The van der Waals surface area contributed by atoms with Crippen LogP contribution < -0.4 is 35.0 Å². The van der Waals surface area contributed by atoms with Crippen molar-refractivity contribution in [2.45, 2.75) is 19.6 Å². The summed E-state index contributed by atoms with van der Waals surface area (Å²) in [5.41, 5.74) is 1.37. The molecule has 1 radical (unpaired) electrons. The van der Waals surface area contributed by atoms with Gasteiger partial charge in [-0.05, 0) is 0 Å². The smallest absolute Gasteiger partial charge is 1.00 e. The summed E-state index contributed by atoms with van der Waals surface area (Å²) in [6, 6.07) is 10.6. The first-order valence-electron chi connectivity index (χ1n) is 3.99. The van der Waals surface area contributed by atoms with E-state index in [1.165, 1.54) is 5.46 Å². The van der Waals surface area contributed by atoms with Crippen LogP contribution in [0.15, 0.2) is 30.3 Å². The third kappa shape index (κ3) is 5.20. The van der Waals surface area contributed by atoms with Crippen LogP contribution in [0.4, 0.5) is 0 Å². The zero-order valence-electron chi connectivity index (χ0n) is 9.46. The van der Waals surface area contributed by atoms with Crippen LogP contribution in [0.5, 0.6) is 0 Å². The van der Waals surface area contributed by atoms with Crippen LogP contribution in [0, 0.1) is 0 Å². The first-order chi connectivity index (χ1) is 5.08. The Balaban J connectivity index is 0. The average Bonchev–Trinajstić information content (AvgIpc) is 1.85. The number of rotatable bonds is 2. The molecule has 0 aliphatic heterocycles. The van der Waals surface area contributed by atoms with Gasteiger partial charge in [0.05, 0.1) is 0 Å². The molecule has 59 valence electrons. The standard InChI is InChI=1S/C9H14BSi.Na.H/c1-11(2,3)10-9-7-5-4-6-8-9;;/h4-8H,1-3H3;;/q;+1;-1. The van der Waals surface area contributed by atoms with Gasteiger partial charge < -0.3 is 1.43 Å². The molecular formula is C9H15BNaSi. The number of hydrogen-bond donors (Lipinski definition) is 0. The molecule has 0 aliphatic rings. The summed E-state index contributed by atoms with van der Waals surface area (Å²) >= 11 is 0. The predicted molar refractivity (Wildman–Crippen MR) is 56.3 cm³/mol. The molecule has 0 aromatic heterocycles. The summed E-state index contributed by atoms with van der Waals surface area (Å²) in [6.07, 6.45) is 0. The van der Waals surface area contributed by atoms with Crippen molar-refractivity contribution in [3.63, 3.8) is 0 Å². The quantitative estimate of drug-likeness (QED) is 0.517. The zero-order chi connectivity index (χ0) is 8.32. The SMILES string of the molecule is C[Si](C)(C)[B]c1ccccc1.[H-].[Na+]. The van der Waals surface area contributed by atoms with E-state index in [9.17, 15) is 0 Å². The van der Waals surface area contributed by atoms with Gasteiger partial charge >= 0.3 is 29.6 Å². The van der Waals surface area contributed by atoms with Gasteiger partial charge in [0.15, 0.2) is 0 Å². The topological polar surface area (TPSA) is 0 Å². The van der Waals surface area contributed by atoms with E-state index in [0.29, 0.717) is 0 Å². The van der Waals surface area contributed by atoms with Gasteiger partial charge in [0.2, 0.25) is 0 Å². The van der Waals surface area contributed by atoms with Crippen molar-refractivity contribution in [3.8, 4) is 0 Å². The summed E-state index contributed by atoms with van der Waals surface area (Å²) in [5.74, 6) is 0. The summed E-state index contributed by atoms with van der Waals surface area (Å²) < 4.78 is 0. The van der Waals surface area contributed by atoms with Gasteiger partial charge in [-0.2, -0.15) is 0 Å². The Labute approximate surface area is 101 Å². The molecule has 1 aromatic rings. The minimum atomic E-state index is -1.02. The maximum Gasteiger partial charge on any atom is 1.00 e. The maximum atomic E-state index is 2.41. The molecular weight excluding hydrogens is 170 g/mol. The molecule has 1 aromatic carbocycles. The third-order valence-corrected chi connectivity index (χ3v) is 2.60. The Bertz CT molecular complexity index is 223. The van der Waals surface area contributed by atoms with Gasteiger partial charge in [-0.3, -0.25) is 0 Å². The Morgan fingerprint density at radius 3 is 2.00 bits per heavy atom. The van der Waals surface area contributed by atoms with Gasteiger partial charge in [-0.1, -0.05) is 55.4 Å². The van der Waals surface area contributed by atoms with Crippen molar-refractivity contribution in [1.82, 2.24) is 0 Å². The second-order valence-corrected chi connectivity index (χ2v) is 8.94. The van der Waals surface area contributed by atoms with Crippen molar-refractivity contribution in [3.05, 3.63) is 30.3 Å². The van der Waals surface area contributed by atoms with Crippen molar-refractivity contribution in [1.29, 1.82) is 0 Å². The van der Waals surface area contributed by atoms with E-state index in [1.807, 2.05) is 0 Å². The Morgan fingerprint density at radius 1 is 1.08 bits per heavy atom. The summed E-state index contributed by atoms with van der Waals surface area (Å²) in [7, 11) is -1.02. The molecule has 0 heterocycles. The maximum absolute atomic E-state index is 2.41. The molecule has 0 N–H and O–H groups in total. The molecule has 0 fully saturated rings. The molecule has 0 aliphatic carbocycles. The molecule has 3 heteroatoms. The van der Waals surface area contributed by atoms with E-state index >= 15 is 0 Å². The van der Waals surface area contributed by atoms with Crippen LogP contribution >= 0.6 is 0 Å². The number of benzene rings is 1. The average molecular weight is 185 g/mol.